The van der Waals surface area contributed by atoms with Gasteiger partial charge in [0, 0.05) is 25.6 Å². The highest BCUT2D eigenvalue weighted by atomic mass is 35.5. The molecule has 0 unspecified atom stereocenters. The summed E-state index contributed by atoms with van der Waals surface area (Å²) in [6.45, 7) is 1.75. The maximum atomic E-state index is 12.4. The first kappa shape index (κ1) is 18.0. The molecule has 0 aromatic carbocycles. The second-order valence-corrected chi connectivity index (χ2v) is 7.18. The van der Waals surface area contributed by atoms with Crippen LogP contribution < -0.4 is 5.73 Å². The Morgan fingerprint density at radius 2 is 1.59 bits per heavy atom. The van der Waals surface area contributed by atoms with Gasteiger partial charge < -0.3 is 15.4 Å². The van der Waals surface area contributed by atoms with E-state index >= 15 is 0 Å². The van der Waals surface area contributed by atoms with Crippen LogP contribution in [-0.4, -0.2) is 42.1 Å². The molecule has 1 heterocycles. The van der Waals surface area contributed by atoms with Gasteiger partial charge in [-0.25, -0.2) is 0 Å². The summed E-state index contributed by atoms with van der Waals surface area (Å²) in [4.78, 5) is 14.4. The van der Waals surface area contributed by atoms with Gasteiger partial charge in [-0.1, -0.05) is 19.3 Å². The number of hydrogen-bond donors (Lipinski definition) is 1. The van der Waals surface area contributed by atoms with E-state index in [1.54, 1.807) is 0 Å². The third-order valence-electron chi connectivity index (χ3n) is 5.64. The maximum Gasteiger partial charge on any atom is 0.222 e. The zero-order chi connectivity index (χ0) is 14.7. The van der Waals surface area contributed by atoms with Gasteiger partial charge in [0.1, 0.15) is 0 Å². The van der Waals surface area contributed by atoms with Crippen molar-refractivity contribution < 1.29 is 9.53 Å². The topological polar surface area (TPSA) is 55.6 Å². The maximum absolute atomic E-state index is 12.4. The van der Waals surface area contributed by atoms with Gasteiger partial charge in [0.2, 0.25) is 5.91 Å². The van der Waals surface area contributed by atoms with E-state index in [0.717, 1.165) is 38.8 Å². The Morgan fingerprint density at radius 1 is 0.955 bits per heavy atom. The second kappa shape index (κ2) is 8.51. The van der Waals surface area contributed by atoms with Crippen molar-refractivity contribution in [2.45, 2.75) is 82.5 Å². The summed E-state index contributed by atoms with van der Waals surface area (Å²) in [6.07, 6.45) is 12.1. The van der Waals surface area contributed by atoms with Gasteiger partial charge in [0.15, 0.2) is 0 Å². The van der Waals surface area contributed by atoms with Gasteiger partial charge in [-0.05, 0) is 44.4 Å². The van der Waals surface area contributed by atoms with Crippen molar-refractivity contribution >= 4 is 18.3 Å². The lowest BCUT2D eigenvalue weighted by molar-refractivity contribution is -0.135. The molecule has 0 aromatic heterocycles. The van der Waals surface area contributed by atoms with Crippen molar-refractivity contribution in [3.8, 4) is 0 Å². The molecule has 5 heteroatoms. The highest BCUT2D eigenvalue weighted by molar-refractivity contribution is 5.85. The van der Waals surface area contributed by atoms with Gasteiger partial charge in [-0.2, -0.15) is 0 Å². The van der Waals surface area contributed by atoms with Gasteiger partial charge in [0.05, 0.1) is 12.2 Å². The molecule has 3 rings (SSSR count). The summed E-state index contributed by atoms with van der Waals surface area (Å²) in [7, 11) is 0. The average Bonchev–Trinajstić information content (AvgIpc) is 3.12. The SMILES string of the molecule is Cl.N[C@@H]1CCC[C@H]1CC(=O)N1CCC(OC2CCCC2)CC1. The van der Waals surface area contributed by atoms with E-state index < -0.39 is 0 Å². The third-order valence-corrected chi connectivity index (χ3v) is 5.64. The van der Waals surface area contributed by atoms with Crippen molar-refractivity contribution in [1.82, 2.24) is 4.90 Å². The van der Waals surface area contributed by atoms with Crippen LogP contribution >= 0.6 is 12.4 Å². The monoisotopic (exact) mass is 330 g/mol. The molecule has 1 saturated heterocycles. The molecule has 0 radical (unpaired) electrons. The van der Waals surface area contributed by atoms with E-state index in [9.17, 15) is 4.79 Å². The standard InChI is InChI=1S/C17H30N2O2.ClH/c18-16-7-3-4-13(16)12-17(20)19-10-8-15(9-11-19)21-14-5-1-2-6-14;/h13-16H,1-12,18H2;1H/t13-,16+;/m0./s1. The minimum atomic E-state index is 0. The number of carbonyl (C=O) groups is 1. The van der Waals surface area contributed by atoms with E-state index in [0.29, 0.717) is 30.5 Å². The molecule has 1 aliphatic heterocycles. The van der Waals surface area contributed by atoms with Crippen LogP contribution in [-0.2, 0) is 9.53 Å². The van der Waals surface area contributed by atoms with Crippen molar-refractivity contribution in [3.63, 3.8) is 0 Å². The number of carbonyl (C=O) groups excluding carboxylic acids is 1. The van der Waals surface area contributed by atoms with Crippen molar-refractivity contribution in [1.29, 1.82) is 0 Å². The summed E-state index contributed by atoms with van der Waals surface area (Å²) in [5.74, 6) is 0.738. The first-order chi connectivity index (χ1) is 10.2. The Labute approximate surface area is 140 Å². The van der Waals surface area contributed by atoms with Crippen LogP contribution in [0.3, 0.4) is 0 Å². The quantitative estimate of drug-likeness (QED) is 0.862. The molecule has 22 heavy (non-hydrogen) atoms. The van der Waals surface area contributed by atoms with Crippen molar-refractivity contribution in [3.05, 3.63) is 0 Å². The van der Waals surface area contributed by atoms with Crippen LogP contribution in [0.15, 0.2) is 0 Å². The molecule has 2 atom stereocenters. The molecule has 3 aliphatic rings. The smallest absolute Gasteiger partial charge is 0.222 e. The first-order valence-electron chi connectivity index (χ1n) is 8.91. The number of hydrogen-bond acceptors (Lipinski definition) is 3. The van der Waals surface area contributed by atoms with E-state index in [-0.39, 0.29) is 18.4 Å². The number of ether oxygens (including phenoxy) is 1. The second-order valence-electron chi connectivity index (χ2n) is 7.18. The number of rotatable bonds is 4. The fourth-order valence-corrected chi connectivity index (χ4v) is 4.21. The fourth-order valence-electron chi connectivity index (χ4n) is 4.21. The lowest BCUT2D eigenvalue weighted by Crippen LogP contribution is -2.43. The van der Waals surface area contributed by atoms with E-state index in [1.807, 2.05) is 4.90 Å². The fraction of sp³-hybridized carbons (Fsp3) is 0.941. The number of likely N-dealkylation sites (tertiary alicyclic amines) is 1. The molecule has 2 aliphatic carbocycles. The zero-order valence-electron chi connectivity index (χ0n) is 13.5. The largest absolute Gasteiger partial charge is 0.375 e. The van der Waals surface area contributed by atoms with Crippen LogP contribution in [0.2, 0.25) is 0 Å². The summed E-state index contributed by atoms with van der Waals surface area (Å²) in [5, 5.41) is 0. The minimum absolute atomic E-state index is 0. The molecule has 0 aromatic rings. The molecule has 0 spiro atoms. The number of nitrogens with two attached hydrogens (primary N) is 1. The number of halogens is 1. The minimum Gasteiger partial charge on any atom is -0.375 e. The van der Waals surface area contributed by atoms with Crippen LogP contribution in [0, 0.1) is 5.92 Å². The molecule has 1 amide bonds. The van der Waals surface area contributed by atoms with Crippen LogP contribution in [0.5, 0.6) is 0 Å². The van der Waals surface area contributed by atoms with E-state index in [4.69, 9.17) is 10.5 Å². The average molecular weight is 331 g/mol. The van der Waals surface area contributed by atoms with Crippen LogP contribution in [0.4, 0.5) is 0 Å². The summed E-state index contributed by atoms with van der Waals surface area (Å²) >= 11 is 0. The summed E-state index contributed by atoms with van der Waals surface area (Å²) in [6, 6.07) is 0.247. The van der Waals surface area contributed by atoms with Crippen molar-refractivity contribution in [2.75, 3.05) is 13.1 Å². The Morgan fingerprint density at radius 3 is 2.18 bits per heavy atom. The predicted octanol–water partition coefficient (Wildman–Crippen LogP) is 2.88. The Kier molecular flexibility index (Phi) is 6.97. The molecule has 3 fully saturated rings. The van der Waals surface area contributed by atoms with E-state index in [1.165, 1.54) is 32.1 Å². The number of nitrogens with zero attached hydrogens (tertiary/aromatic N) is 1. The molecular weight excluding hydrogens is 300 g/mol. The number of amides is 1. The van der Waals surface area contributed by atoms with Gasteiger partial charge >= 0.3 is 0 Å². The lowest BCUT2D eigenvalue weighted by atomic mass is 9.98. The van der Waals surface area contributed by atoms with Crippen molar-refractivity contribution in [2.24, 2.45) is 11.7 Å². The summed E-state index contributed by atoms with van der Waals surface area (Å²) < 4.78 is 6.17. The molecule has 4 nitrogen and oxygen atoms in total. The summed E-state index contributed by atoms with van der Waals surface area (Å²) in [5.41, 5.74) is 6.08. The Hall–Kier alpha value is -0.320. The van der Waals surface area contributed by atoms with Gasteiger partial charge in [-0.3, -0.25) is 4.79 Å². The highest BCUT2D eigenvalue weighted by Gasteiger charge is 2.30. The molecule has 2 N–H and O–H groups in total. The van der Waals surface area contributed by atoms with Gasteiger partial charge in [0.25, 0.3) is 0 Å². The highest BCUT2D eigenvalue weighted by Crippen LogP contribution is 2.29. The number of piperidine rings is 1. The molecule has 0 bridgehead atoms. The zero-order valence-corrected chi connectivity index (χ0v) is 14.4. The molecule has 128 valence electrons. The molecular formula is C17H31ClN2O2. The lowest BCUT2D eigenvalue weighted by Gasteiger charge is -2.34. The van der Waals surface area contributed by atoms with E-state index in [2.05, 4.69) is 0 Å². The van der Waals surface area contributed by atoms with Gasteiger partial charge in [-0.15, -0.1) is 12.4 Å². The first-order valence-corrected chi connectivity index (χ1v) is 8.91. The Balaban J connectivity index is 0.00000176. The van der Waals surface area contributed by atoms with Crippen LogP contribution in [0.1, 0.15) is 64.2 Å². The normalized spacial score (nSPS) is 30.5. The van der Waals surface area contributed by atoms with Crippen LogP contribution in [0.25, 0.3) is 0 Å². The Bertz CT molecular complexity index is 353. The predicted molar refractivity (Wildman–Crippen MR) is 90.1 cm³/mol. The molecule has 2 saturated carbocycles. The third kappa shape index (κ3) is 4.59.